The average Bonchev–Trinajstić information content (AvgIpc) is 2.50. The molecule has 0 bridgehead atoms. The molecule has 13 heteroatoms. The minimum Gasteiger partial charge on any atom is -0.508 e. The topological polar surface area (TPSA) is 37.3 Å². The van der Waals surface area contributed by atoms with Crippen molar-refractivity contribution in [3.63, 3.8) is 0 Å². The minimum absolute atomic E-state index is 0.295. The maximum atomic E-state index is 10.8. The molecular weight excluding hydrogens is 280 g/mol. The van der Waals surface area contributed by atoms with E-state index in [9.17, 15) is 9.32 Å². The van der Waals surface area contributed by atoms with E-state index < -0.39 is 10.8 Å². The molecule has 0 aromatic heterocycles. The number of phenolic OH excluding ortho intramolecular Hbond substituents is 1. The van der Waals surface area contributed by atoms with Crippen LogP contribution in [-0.2, 0) is 17.1 Å². The van der Waals surface area contributed by atoms with Crippen LogP contribution in [-0.4, -0.2) is 92.1 Å². The molecule has 96 valence electrons. The molecule has 0 heterocycles. The van der Waals surface area contributed by atoms with Gasteiger partial charge in [-0.2, -0.15) is 0 Å². The van der Waals surface area contributed by atoms with Crippen molar-refractivity contribution in [3.8, 4) is 5.75 Å². The number of phenols is 1. The van der Waals surface area contributed by atoms with Crippen molar-refractivity contribution >= 4 is 81.6 Å². The van der Waals surface area contributed by atoms with Crippen LogP contribution >= 0.6 is 0 Å². The SMILES string of the molecule is CS(=O)C[B][B][B][B][B][B][B][B][B][B]Cc1ccc(O)cc1. The monoisotopic (exact) mass is 294 g/mol. The number of hydrogen-bond acceptors (Lipinski definition) is 2. The van der Waals surface area contributed by atoms with Crippen molar-refractivity contribution < 1.29 is 9.32 Å². The summed E-state index contributed by atoms with van der Waals surface area (Å²) in [5, 5.41) is 9.18. The van der Waals surface area contributed by atoms with Crippen LogP contribution in [0.25, 0.3) is 0 Å². The summed E-state index contributed by atoms with van der Waals surface area (Å²) in [6, 6.07) is 7.22. The summed E-state index contributed by atoms with van der Waals surface area (Å²) in [7, 11) is 18.8. The molecule has 0 aliphatic heterocycles. The van der Waals surface area contributed by atoms with Gasteiger partial charge in [0, 0.05) is 73.5 Å². The van der Waals surface area contributed by atoms with Gasteiger partial charge in [0.15, 0.2) is 0 Å². The Kier molecular flexibility index (Phi) is 12.0. The van der Waals surface area contributed by atoms with Crippen LogP contribution in [0.5, 0.6) is 5.75 Å². The number of aromatic hydroxyl groups is 1. The third-order valence-electron chi connectivity index (χ3n) is 2.67. The van der Waals surface area contributed by atoms with Crippen LogP contribution in [0.2, 0.25) is 0 Å². The second-order valence-corrected chi connectivity index (χ2v) is 6.10. The van der Waals surface area contributed by atoms with E-state index >= 15 is 0 Å². The summed E-state index contributed by atoms with van der Waals surface area (Å²) in [6.45, 7) is 0. The molecule has 1 rings (SSSR count). The van der Waals surface area contributed by atoms with Crippen LogP contribution < -0.4 is 0 Å². The van der Waals surface area contributed by atoms with Gasteiger partial charge in [0.25, 0.3) is 0 Å². The third-order valence-corrected chi connectivity index (χ3v) is 3.33. The molecule has 1 unspecified atom stereocenters. The lowest BCUT2D eigenvalue weighted by Gasteiger charge is -2.00. The fourth-order valence-corrected chi connectivity index (χ4v) is 1.95. The zero-order valence-corrected chi connectivity index (χ0v) is 13.6. The van der Waals surface area contributed by atoms with Gasteiger partial charge in [0.2, 0.25) is 0 Å². The summed E-state index contributed by atoms with van der Waals surface area (Å²) in [4.78, 5) is 0. The van der Waals surface area contributed by atoms with Gasteiger partial charge >= 0.3 is 0 Å². The van der Waals surface area contributed by atoms with Crippen molar-refractivity contribution in [1.29, 1.82) is 0 Å². The third kappa shape index (κ3) is 11.4. The van der Waals surface area contributed by atoms with Gasteiger partial charge in [0.05, 0.1) is 14.3 Å². The van der Waals surface area contributed by atoms with Crippen molar-refractivity contribution in [2.45, 2.75) is 6.32 Å². The first-order valence-electron chi connectivity index (χ1n) is 7.08. The van der Waals surface area contributed by atoms with Crippen molar-refractivity contribution in [2.75, 3.05) is 11.9 Å². The van der Waals surface area contributed by atoms with Crippen LogP contribution in [0.4, 0.5) is 0 Å². The van der Waals surface area contributed by atoms with Crippen molar-refractivity contribution in [2.24, 2.45) is 0 Å². The Morgan fingerprint density at radius 2 is 1.36 bits per heavy atom. The predicted octanol–water partition coefficient (Wildman–Crippen LogP) is -2.49. The van der Waals surface area contributed by atoms with E-state index in [1.165, 1.54) is 5.56 Å². The lowest BCUT2D eigenvalue weighted by Crippen LogP contribution is -2.33. The number of rotatable bonds is 13. The Morgan fingerprint density at radius 3 is 1.91 bits per heavy atom. The second-order valence-electron chi connectivity index (χ2n) is 4.62. The second kappa shape index (κ2) is 13.3. The first kappa shape index (κ1) is 19.9. The minimum atomic E-state index is -0.764. The van der Waals surface area contributed by atoms with Gasteiger partial charge in [-0.05, 0) is 17.8 Å². The van der Waals surface area contributed by atoms with Crippen LogP contribution in [0.1, 0.15) is 5.56 Å². The fraction of sp³-hybridized carbons (Fsp3) is 0.333. The van der Waals surface area contributed by atoms with Gasteiger partial charge in [-0.3, -0.25) is 4.21 Å². The highest BCUT2D eigenvalue weighted by Gasteiger charge is 2.00. The van der Waals surface area contributed by atoms with Gasteiger partial charge < -0.3 is 5.11 Å². The Hall–Kier alpha value is -0.181. The van der Waals surface area contributed by atoms with E-state index in [2.05, 4.69) is 7.17 Å². The van der Waals surface area contributed by atoms with E-state index in [0.717, 1.165) is 6.32 Å². The Morgan fingerprint density at radius 1 is 0.864 bits per heavy atom. The summed E-state index contributed by atoms with van der Waals surface area (Å²) in [5.41, 5.74) is 1.76. The highest BCUT2D eigenvalue weighted by atomic mass is 32.2. The molecule has 1 atom stereocenters. The lowest BCUT2D eigenvalue weighted by molar-refractivity contribution is 0.475. The van der Waals surface area contributed by atoms with Gasteiger partial charge in [-0.25, -0.2) is 0 Å². The van der Waals surface area contributed by atoms with Gasteiger partial charge in [-0.15, -0.1) is 0 Å². The van der Waals surface area contributed by atoms with E-state index in [4.69, 9.17) is 0 Å². The van der Waals surface area contributed by atoms with E-state index in [1.807, 2.05) is 75.8 Å². The predicted molar refractivity (Wildman–Crippen MR) is 108 cm³/mol. The fourth-order valence-electron chi connectivity index (χ4n) is 1.57. The summed E-state index contributed by atoms with van der Waals surface area (Å²) in [6.07, 6.45) is 2.53. The van der Waals surface area contributed by atoms with Crippen molar-refractivity contribution in [3.05, 3.63) is 29.8 Å². The maximum absolute atomic E-state index is 10.8. The van der Waals surface area contributed by atoms with Crippen molar-refractivity contribution in [1.82, 2.24) is 0 Å². The first-order chi connectivity index (χ1) is 10.7. The summed E-state index contributed by atoms with van der Waals surface area (Å²) < 4.78 is 10.8. The van der Waals surface area contributed by atoms with E-state index in [-0.39, 0.29) is 0 Å². The molecule has 1 aromatic carbocycles. The molecule has 0 aliphatic rings. The molecule has 0 amide bonds. The molecule has 0 spiro atoms. The van der Waals surface area contributed by atoms with Gasteiger partial charge in [0.1, 0.15) is 5.75 Å². The summed E-state index contributed by atoms with van der Waals surface area (Å²) >= 11 is 0. The molecule has 1 aromatic rings. The van der Waals surface area contributed by atoms with E-state index in [0.29, 0.717) is 11.4 Å². The van der Waals surface area contributed by atoms with Crippen LogP contribution in [0.15, 0.2) is 24.3 Å². The Labute approximate surface area is 144 Å². The zero-order chi connectivity index (χ0) is 16.0. The molecular formula is C9H12B10O2S. The highest BCUT2D eigenvalue weighted by molar-refractivity contribution is 7.86. The molecule has 0 saturated carbocycles. The maximum Gasteiger partial charge on any atom is 0.115 e. The lowest BCUT2D eigenvalue weighted by atomic mass is 8.88. The van der Waals surface area contributed by atoms with Crippen LogP contribution in [0.3, 0.4) is 0 Å². The van der Waals surface area contributed by atoms with Crippen LogP contribution in [0, 0.1) is 0 Å². The molecule has 0 fully saturated rings. The normalized spacial score (nSPS) is 10.6. The molecule has 0 aliphatic carbocycles. The molecule has 10 radical (unpaired) electrons. The zero-order valence-electron chi connectivity index (χ0n) is 12.8. The molecule has 22 heavy (non-hydrogen) atoms. The van der Waals surface area contributed by atoms with E-state index in [1.54, 1.807) is 18.4 Å². The Bertz CT molecular complexity index is 419. The molecule has 0 saturated heterocycles. The number of hydrogen-bond donors (Lipinski definition) is 1. The molecule has 2 nitrogen and oxygen atoms in total. The first-order valence-corrected chi connectivity index (χ1v) is 8.81. The standard InChI is InChI=1S/C9H12B10O2S/c1-22(21)7-11-13-15-17-19-18-16-14-12-10-6-8-2-4-9(20)5-3-8/h2-5,20H,6-7H2,1H3. The molecule has 1 N–H and O–H groups in total. The average molecular weight is 292 g/mol. The smallest absolute Gasteiger partial charge is 0.115 e. The largest absolute Gasteiger partial charge is 0.508 e. The number of benzene rings is 1. The summed E-state index contributed by atoms with van der Waals surface area (Å²) in [5.74, 6) is 0.295. The van der Waals surface area contributed by atoms with Gasteiger partial charge in [-0.1, -0.05) is 24.0 Å². The highest BCUT2D eigenvalue weighted by Crippen LogP contribution is 2.09. The quantitative estimate of drug-likeness (QED) is 0.323. The Balaban J connectivity index is 1.82.